The third-order valence-electron chi connectivity index (χ3n) is 6.39. The Morgan fingerprint density at radius 3 is 2.89 bits per heavy atom. The summed E-state index contributed by atoms with van der Waals surface area (Å²) in [5.41, 5.74) is 1.96. The fraction of sp³-hybridized carbons (Fsp3) is 0.619. The molecule has 0 saturated carbocycles. The van der Waals surface area contributed by atoms with Crippen molar-refractivity contribution in [3.63, 3.8) is 0 Å². The van der Waals surface area contributed by atoms with Gasteiger partial charge in [0, 0.05) is 51.7 Å². The molecule has 0 N–H and O–H groups in total. The molecule has 3 fully saturated rings. The second kappa shape index (κ2) is 7.46. The van der Waals surface area contributed by atoms with Crippen LogP contribution in [-0.2, 0) is 20.8 Å². The van der Waals surface area contributed by atoms with Gasteiger partial charge >= 0.3 is 0 Å². The summed E-state index contributed by atoms with van der Waals surface area (Å²) < 4.78 is 13.7. The summed E-state index contributed by atoms with van der Waals surface area (Å²) >= 11 is 0. The van der Waals surface area contributed by atoms with Gasteiger partial charge in [0.25, 0.3) is 0 Å². The van der Waals surface area contributed by atoms with Crippen molar-refractivity contribution in [1.29, 1.82) is 0 Å². The van der Waals surface area contributed by atoms with Gasteiger partial charge in [0.1, 0.15) is 5.65 Å². The molecule has 28 heavy (non-hydrogen) atoms. The van der Waals surface area contributed by atoms with Gasteiger partial charge in [0.2, 0.25) is 5.91 Å². The standard InChI is InChI=1S/C21H28N4O3/c26-20(17-4-11-27-15-17)24-8-5-21(6-9-24)16-23(10-12-28-21)13-18-14-25-7-2-1-3-19(25)22-18/h1-3,7,14,17H,4-6,8-13,15-16H2. The highest BCUT2D eigenvalue weighted by Gasteiger charge is 2.41. The zero-order valence-corrected chi connectivity index (χ0v) is 16.3. The first-order valence-corrected chi connectivity index (χ1v) is 10.4. The van der Waals surface area contributed by atoms with Gasteiger partial charge in [-0.3, -0.25) is 9.69 Å². The van der Waals surface area contributed by atoms with Crippen molar-refractivity contribution < 1.29 is 14.3 Å². The Morgan fingerprint density at radius 2 is 2.11 bits per heavy atom. The molecule has 1 unspecified atom stereocenters. The number of carbonyl (C=O) groups excluding carboxylic acids is 1. The molecule has 5 rings (SSSR count). The van der Waals surface area contributed by atoms with Crippen LogP contribution in [0.3, 0.4) is 0 Å². The number of nitrogens with zero attached hydrogens (tertiary/aromatic N) is 4. The third kappa shape index (κ3) is 3.54. The van der Waals surface area contributed by atoms with Crippen molar-refractivity contribution in [2.45, 2.75) is 31.4 Å². The summed E-state index contributed by atoms with van der Waals surface area (Å²) in [5.74, 6) is 0.331. The molecule has 3 aliphatic heterocycles. The fourth-order valence-corrected chi connectivity index (χ4v) is 4.78. The minimum absolute atomic E-state index is 0.0628. The number of aromatic nitrogens is 2. The number of pyridine rings is 1. The molecule has 7 nitrogen and oxygen atoms in total. The Bertz CT molecular complexity index is 804. The van der Waals surface area contributed by atoms with Gasteiger partial charge in [-0.05, 0) is 31.4 Å². The number of rotatable bonds is 3. The first-order valence-electron chi connectivity index (χ1n) is 10.4. The van der Waals surface area contributed by atoms with Crippen molar-refractivity contribution in [2.75, 3.05) is 46.0 Å². The second-order valence-corrected chi connectivity index (χ2v) is 8.33. The number of fused-ring (bicyclic) bond motifs is 1. The Balaban J connectivity index is 1.20. The maximum atomic E-state index is 12.6. The summed E-state index contributed by atoms with van der Waals surface area (Å²) in [6.07, 6.45) is 6.84. The van der Waals surface area contributed by atoms with E-state index in [-0.39, 0.29) is 17.4 Å². The van der Waals surface area contributed by atoms with E-state index >= 15 is 0 Å². The van der Waals surface area contributed by atoms with E-state index < -0.39 is 0 Å². The largest absolute Gasteiger partial charge is 0.381 e. The smallest absolute Gasteiger partial charge is 0.228 e. The lowest BCUT2D eigenvalue weighted by Crippen LogP contribution is -2.57. The number of morpholine rings is 1. The van der Waals surface area contributed by atoms with E-state index in [9.17, 15) is 4.79 Å². The SMILES string of the molecule is O=C(C1CCOC1)N1CCC2(CC1)CN(Cc1cn3ccccc3n1)CCO2. The van der Waals surface area contributed by atoms with Crippen LogP contribution in [0.25, 0.3) is 5.65 Å². The highest BCUT2D eigenvalue weighted by atomic mass is 16.5. The van der Waals surface area contributed by atoms with Crippen molar-refractivity contribution in [3.05, 3.63) is 36.3 Å². The molecule has 3 aliphatic rings. The lowest BCUT2D eigenvalue weighted by molar-refractivity contribution is -0.154. The van der Waals surface area contributed by atoms with E-state index in [1.807, 2.05) is 29.3 Å². The highest BCUT2D eigenvalue weighted by molar-refractivity contribution is 5.79. The molecule has 5 heterocycles. The van der Waals surface area contributed by atoms with E-state index in [4.69, 9.17) is 14.5 Å². The average molecular weight is 384 g/mol. The van der Waals surface area contributed by atoms with Crippen LogP contribution in [0.2, 0.25) is 0 Å². The summed E-state index contributed by atoms with van der Waals surface area (Å²) in [6, 6.07) is 6.07. The number of amides is 1. The van der Waals surface area contributed by atoms with Crippen LogP contribution in [0.4, 0.5) is 0 Å². The molecule has 150 valence electrons. The minimum Gasteiger partial charge on any atom is -0.381 e. The number of piperidine rings is 1. The highest BCUT2D eigenvalue weighted by Crippen LogP contribution is 2.32. The van der Waals surface area contributed by atoms with Crippen LogP contribution in [0.15, 0.2) is 30.6 Å². The maximum Gasteiger partial charge on any atom is 0.228 e. The van der Waals surface area contributed by atoms with Crippen molar-refractivity contribution >= 4 is 11.6 Å². The first-order chi connectivity index (χ1) is 13.7. The Labute approximate surface area is 165 Å². The van der Waals surface area contributed by atoms with E-state index in [0.29, 0.717) is 6.61 Å². The quantitative estimate of drug-likeness (QED) is 0.804. The molecular formula is C21H28N4O3. The molecule has 1 spiro atoms. The summed E-state index contributed by atoms with van der Waals surface area (Å²) in [5, 5.41) is 0. The number of carbonyl (C=O) groups is 1. The summed E-state index contributed by atoms with van der Waals surface area (Å²) in [4.78, 5) is 21.9. The van der Waals surface area contributed by atoms with Crippen molar-refractivity contribution in [3.8, 4) is 0 Å². The van der Waals surface area contributed by atoms with E-state index in [2.05, 4.69) is 15.5 Å². The van der Waals surface area contributed by atoms with Gasteiger partial charge in [-0.25, -0.2) is 4.98 Å². The Morgan fingerprint density at radius 1 is 1.21 bits per heavy atom. The lowest BCUT2D eigenvalue weighted by Gasteiger charge is -2.47. The maximum absolute atomic E-state index is 12.6. The first kappa shape index (κ1) is 18.1. The van der Waals surface area contributed by atoms with Gasteiger partial charge in [0.15, 0.2) is 0 Å². The fourth-order valence-electron chi connectivity index (χ4n) is 4.78. The molecule has 0 radical (unpaired) electrons. The monoisotopic (exact) mass is 384 g/mol. The molecule has 1 amide bonds. The molecule has 0 aromatic carbocycles. The van der Waals surface area contributed by atoms with Gasteiger partial charge in [0.05, 0.1) is 30.4 Å². The molecule has 2 aromatic heterocycles. The molecule has 2 aromatic rings. The van der Waals surface area contributed by atoms with Crippen LogP contribution in [0.5, 0.6) is 0 Å². The number of hydrogen-bond donors (Lipinski definition) is 0. The normalized spacial score (nSPS) is 25.6. The molecule has 1 atom stereocenters. The van der Waals surface area contributed by atoms with Crippen LogP contribution in [0.1, 0.15) is 25.0 Å². The Kier molecular flexibility index (Phi) is 4.82. The Hall–Kier alpha value is -1.96. The van der Waals surface area contributed by atoms with Crippen LogP contribution in [-0.4, -0.2) is 76.7 Å². The molecule has 3 saturated heterocycles. The van der Waals surface area contributed by atoms with Gasteiger partial charge in [-0.2, -0.15) is 0 Å². The van der Waals surface area contributed by atoms with Gasteiger partial charge in [-0.1, -0.05) is 6.07 Å². The molecular weight excluding hydrogens is 356 g/mol. The zero-order valence-electron chi connectivity index (χ0n) is 16.3. The van der Waals surface area contributed by atoms with Crippen molar-refractivity contribution in [2.24, 2.45) is 5.92 Å². The molecule has 0 bridgehead atoms. The predicted octanol–water partition coefficient (Wildman–Crippen LogP) is 1.56. The molecule has 0 aliphatic carbocycles. The predicted molar refractivity (Wildman–Crippen MR) is 104 cm³/mol. The zero-order chi connectivity index (χ0) is 19.0. The third-order valence-corrected chi connectivity index (χ3v) is 6.39. The van der Waals surface area contributed by atoms with E-state index in [1.54, 1.807) is 0 Å². The van der Waals surface area contributed by atoms with Gasteiger partial charge < -0.3 is 18.8 Å². The van der Waals surface area contributed by atoms with Crippen LogP contribution < -0.4 is 0 Å². The van der Waals surface area contributed by atoms with E-state index in [1.165, 1.54) is 0 Å². The molecule has 7 heteroatoms. The summed E-state index contributed by atoms with van der Waals surface area (Å²) in [6.45, 7) is 6.31. The topological polar surface area (TPSA) is 59.3 Å². The summed E-state index contributed by atoms with van der Waals surface area (Å²) in [7, 11) is 0. The number of imidazole rings is 1. The van der Waals surface area contributed by atoms with E-state index in [0.717, 1.165) is 76.5 Å². The van der Waals surface area contributed by atoms with Crippen LogP contribution in [0, 0.1) is 5.92 Å². The van der Waals surface area contributed by atoms with Gasteiger partial charge in [-0.15, -0.1) is 0 Å². The number of ether oxygens (including phenoxy) is 2. The minimum atomic E-state index is -0.125. The second-order valence-electron chi connectivity index (χ2n) is 8.33. The average Bonchev–Trinajstić information content (AvgIpc) is 3.38. The number of likely N-dealkylation sites (tertiary alicyclic amines) is 1. The van der Waals surface area contributed by atoms with Crippen LogP contribution >= 0.6 is 0 Å². The number of hydrogen-bond acceptors (Lipinski definition) is 5. The van der Waals surface area contributed by atoms with Crippen molar-refractivity contribution in [1.82, 2.24) is 19.2 Å². The lowest BCUT2D eigenvalue weighted by atomic mass is 9.88.